The fraction of sp³-hybridized carbons (Fsp3) is 0. The van der Waals surface area contributed by atoms with Gasteiger partial charge in [-0.3, -0.25) is 34.2 Å². The van der Waals surface area contributed by atoms with Crippen LogP contribution in [-0.4, -0.2) is 51.1 Å². The van der Waals surface area contributed by atoms with Crippen LogP contribution in [0.4, 0.5) is 0 Å². The first-order chi connectivity index (χ1) is 20.6. The average molecular weight is 592 g/mol. The Labute approximate surface area is 242 Å². The number of nitrogens with two attached hydrogens (primary N) is 2. The maximum atomic E-state index is 10.4. The van der Waals surface area contributed by atoms with Crippen LogP contribution < -0.4 is 25.7 Å². The van der Waals surface area contributed by atoms with Gasteiger partial charge in [0.1, 0.15) is 0 Å². The van der Waals surface area contributed by atoms with E-state index in [9.17, 15) is 39.6 Å². The Kier molecular flexibility index (Phi) is 15.4. The zero-order valence-electron chi connectivity index (χ0n) is 22.1. The van der Waals surface area contributed by atoms with E-state index in [4.69, 9.17) is 11.5 Å². The summed E-state index contributed by atoms with van der Waals surface area (Å²) in [5.74, 6) is -0.919. The second-order valence-electron chi connectivity index (χ2n) is 7.55. The van der Waals surface area contributed by atoms with Crippen molar-refractivity contribution in [2.45, 2.75) is 0 Å². The summed E-state index contributed by atoms with van der Waals surface area (Å²) in [5.41, 5.74) is 11.7. The second kappa shape index (κ2) is 19.3. The van der Waals surface area contributed by atoms with Crippen LogP contribution in [0.1, 0.15) is 51.8 Å². The number of hydrogen-bond donors (Lipinski definition) is 4. The molecule has 0 spiro atoms. The number of H-pyrrole nitrogens is 2. The van der Waals surface area contributed by atoms with Crippen LogP contribution in [0.5, 0.6) is 0 Å². The molecular weight excluding hydrogens is 566 g/mol. The van der Waals surface area contributed by atoms with Gasteiger partial charge in [-0.2, -0.15) is 24.4 Å². The number of hydrogen-bond acceptors (Lipinski definition) is 10. The normalized spacial score (nSPS) is 8.93. The van der Waals surface area contributed by atoms with E-state index in [-0.39, 0.29) is 0 Å². The minimum atomic E-state index is -0.459. The fourth-order valence-electron chi connectivity index (χ4n) is 2.40. The number of aromatic amines is 2. The van der Waals surface area contributed by atoms with Gasteiger partial charge in [-0.15, -0.1) is 0 Å². The molecule has 0 unspecified atom stereocenters. The lowest BCUT2D eigenvalue weighted by Gasteiger charge is -1.92. The van der Waals surface area contributed by atoms with Gasteiger partial charge in [-0.05, 0) is 18.2 Å². The molecule has 0 atom stereocenters. The highest BCUT2D eigenvalue weighted by Gasteiger charge is 1.98. The maximum absolute atomic E-state index is 10.4. The molecule has 222 valence electrons. The second-order valence-corrected chi connectivity index (χ2v) is 7.55. The van der Waals surface area contributed by atoms with E-state index in [1.165, 1.54) is 80.2 Å². The lowest BCUT2D eigenvalue weighted by Crippen LogP contribution is -2.24. The third-order valence-corrected chi connectivity index (χ3v) is 4.37. The Hall–Kier alpha value is -6.78. The van der Waals surface area contributed by atoms with E-state index in [1.807, 2.05) is 0 Å². The molecule has 5 aromatic heterocycles. The molecule has 17 nitrogen and oxygen atoms in total. The number of nitrogens with one attached hydrogen (secondary N) is 2. The molecule has 17 heteroatoms. The Morgan fingerprint density at radius 3 is 1.07 bits per heavy atom. The van der Waals surface area contributed by atoms with E-state index in [2.05, 4.69) is 20.4 Å². The standard InChI is InChI=1S/3C6H5NO2.2C4H5N3O/c3*8-5-6-2-1-3-7(9)4-6;2*5-4(8)3-1-6-7-2-3/h3*1-5H;2*1-2H,(H2,5,8)(H,6,7). The van der Waals surface area contributed by atoms with Crippen LogP contribution in [-0.2, 0) is 0 Å². The van der Waals surface area contributed by atoms with Gasteiger partial charge >= 0.3 is 0 Å². The van der Waals surface area contributed by atoms with Gasteiger partial charge in [0.2, 0.25) is 0 Å². The predicted octanol–water partition coefficient (Wildman–Crippen LogP) is -0.585. The van der Waals surface area contributed by atoms with Crippen molar-refractivity contribution in [2.24, 2.45) is 11.5 Å². The summed E-state index contributed by atoms with van der Waals surface area (Å²) in [6, 6.07) is 9.29. The molecule has 0 bridgehead atoms. The Bertz CT molecular complexity index is 1420. The molecule has 5 rings (SSSR count). The number of pyridine rings is 3. The minimum Gasteiger partial charge on any atom is -0.619 e. The van der Waals surface area contributed by atoms with Crippen LogP contribution in [0.25, 0.3) is 0 Å². The van der Waals surface area contributed by atoms with Gasteiger partial charge in [0.25, 0.3) is 11.8 Å². The van der Waals surface area contributed by atoms with Crippen LogP contribution in [0, 0.1) is 15.6 Å². The number of primary amides is 2. The lowest BCUT2D eigenvalue weighted by atomic mass is 10.3. The van der Waals surface area contributed by atoms with Crippen molar-refractivity contribution in [1.29, 1.82) is 0 Å². The van der Waals surface area contributed by atoms with Crippen molar-refractivity contribution in [2.75, 3.05) is 0 Å². The topological polar surface area (TPSA) is 276 Å². The molecule has 0 saturated heterocycles. The fourth-order valence-corrected chi connectivity index (χ4v) is 2.40. The molecule has 0 saturated carbocycles. The first kappa shape index (κ1) is 34.2. The molecule has 0 aliphatic carbocycles. The Morgan fingerprint density at radius 1 is 0.628 bits per heavy atom. The smallest absolute Gasteiger partial charge is 0.251 e. The number of rotatable bonds is 5. The zero-order chi connectivity index (χ0) is 32.0. The van der Waals surface area contributed by atoms with Crippen LogP contribution in [0.15, 0.2) is 98.4 Å². The average Bonchev–Trinajstić information content (AvgIpc) is 3.74. The maximum Gasteiger partial charge on any atom is 0.251 e. The number of aldehydes is 3. The van der Waals surface area contributed by atoms with Crippen LogP contribution >= 0.6 is 0 Å². The van der Waals surface area contributed by atoms with Crippen molar-refractivity contribution in [3.8, 4) is 0 Å². The third kappa shape index (κ3) is 14.8. The highest BCUT2D eigenvalue weighted by atomic mass is 16.5. The molecule has 2 amide bonds. The predicted molar refractivity (Wildman–Crippen MR) is 147 cm³/mol. The summed E-state index contributed by atoms with van der Waals surface area (Å²) in [7, 11) is 0. The minimum absolute atomic E-state index is 0.396. The summed E-state index contributed by atoms with van der Waals surface area (Å²) in [6.45, 7) is 0. The first-order valence-corrected chi connectivity index (χ1v) is 11.6. The molecule has 0 fully saturated rings. The van der Waals surface area contributed by atoms with Gasteiger partial charge in [-0.1, -0.05) is 0 Å². The quantitative estimate of drug-likeness (QED) is 0.114. The molecule has 5 aromatic rings. The number of carbonyl (C=O) groups is 5. The number of carbonyl (C=O) groups excluding carboxylic acids is 5. The number of aromatic nitrogens is 7. The van der Waals surface area contributed by atoms with Gasteiger partial charge in [-0.25, -0.2) is 0 Å². The monoisotopic (exact) mass is 591 g/mol. The third-order valence-electron chi connectivity index (χ3n) is 4.37. The first-order valence-electron chi connectivity index (χ1n) is 11.6. The van der Waals surface area contributed by atoms with Crippen molar-refractivity contribution < 1.29 is 38.2 Å². The molecule has 0 aliphatic rings. The van der Waals surface area contributed by atoms with Crippen molar-refractivity contribution >= 4 is 30.7 Å². The largest absolute Gasteiger partial charge is 0.619 e. The van der Waals surface area contributed by atoms with E-state index in [1.54, 1.807) is 18.2 Å². The molecule has 0 aliphatic heterocycles. The molecular formula is C26H25N9O8. The Morgan fingerprint density at radius 2 is 0.930 bits per heavy atom. The SMILES string of the molecule is NC(=O)c1cn[nH]c1.NC(=O)c1cn[nH]c1.O=Cc1ccc[n+]([O-])c1.O=Cc1ccc[n+]([O-])c1.O=Cc1ccc[n+]([O-])c1. The molecule has 0 radical (unpaired) electrons. The molecule has 6 N–H and O–H groups in total. The summed E-state index contributed by atoms with van der Waals surface area (Å²) in [5, 5.41) is 43.2. The Balaban J connectivity index is 0.000000269. The van der Waals surface area contributed by atoms with Crippen LogP contribution in [0.3, 0.4) is 0 Å². The summed E-state index contributed by atoms with van der Waals surface area (Å²) in [4.78, 5) is 50.5. The van der Waals surface area contributed by atoms with Crippen molar-refractivity contribution in [3.63, 3.8) is 0 Å². The number of amides is 2. The van der Waals surface area contributed by atoms with E-state index >= 15 is 0 Å². The van der Waals surface area contributed by atoms with E-state index in [0.29, 0.717) is 60.9 Å². The summed E-state index contributed by atoms with van der Waals surface area (Å²) in [6.07, 6.45) is 15.2. The van der Waals surface area contributed by atoms with Gasteiger partial charge in [0.05, 0.1) is 40.2 Å². The highest BCUT2D eigenvalue weighted by molar-refractivity contribution is 5.92. The number of nitrogens with zero attached hydrogens (tertiary/aromatic N) is 5. The van der Waals surface area contributed by atoms with Crippen LogP contribution in [0.2, 0.25) is 0 Å². The van der Waals surface area contributed by atoms with Crippen molar-refractivity contribution in [1.82, 2.24) is 20.4 Å². The van der Waals surface area contributed by atoms with E-state index in [0.717, 1.165) is 0 Å². The van der Waals surface area contributed by atoms with Gasteiger partial charge in [0.15, 0.2) is 56.0 Å². The highest BCUT2D eigenvalue weighted by Crippen LogP contribution is 1.90. The zero-order valence-corrected chi connectivity index (χ0v) is 22.1. The van der Waals surface area contributed by atoms with E-state index < -0.39 is 11.8 Å². The summed E-state index contributed by atoms with van der Waals surface area (Å²) < 4.78 is 1.76. The van der Waals surface area contributed by atoms with Crippen molar-refractivity contribution in [3.05, 3.63) is 142 Å². The molecule has 5 heterocycles. The summed E-state index contributed by atoms with van der Waals surface area (Å²) >= 11 is 0. The lowest BCUT2D eigenvalue weighted by molar-refractivity contribution is -0.605. The van der Waals surface area contributed by atoms with Gasteiger partial charge < -0.3 is 27.1 Å². The van der Waals surface area contributed by atoms with Gasteiger partial charge in [0, 0.05) is 30.6 Å². The molecule has 0 aromatic carbocycles. The molecule has 43 heavy (non-hydrogen) atoms.